The van der Waals surface area contributed by atoms with Gasteiger partial charge >= 0.3 is 0 Å². The van der Waals surface area contributed by atoms with Crippen molar-refractivity contribution in [2.24, 2.45) is 7.05 Å². The molecule has 3 nitrogen and oxygen atoms in total. The van der Waals surface area contributed by atoms with Gasteiger partial charge in [-0.15, -0.1) is 0 Å². The molecule has 0 aliphatic carbocycles. The maximum atomic E-state index is 6.16. The van der Waals surface area contributed by atoms with Crippen molar-refractivity contribution in [1.29, 1.82) is 0 Å². The maximum Gasteiger partial charge on any atom is 0.122 e. The fourth-order valence-electron chi connectivity index (χ4n) is 1.76. The normalized spacial score (nSPS) is 10.8. The van der Waals surface area contributed by atoms with Crippen LogP contribution in [0.1, 0.15) is 19.0 Å². The summed E-state index contributed by atoms with van der Waals surface area (Å²) in [6, 6.07) is 8.18. The van der Waals surface area contributed by atoms with Gasteiger partial charge in [-0.1, -0.05) is 47.1 Å². The number of nitrogen functional groups attached to an aromatic ring is 1. The summed E-state index contributed by atoms with van der Waals surface area (Å²) >= 11 is 5.12. The number of nitrogens with two attached hydrogens (primary N) is 1. The zero-order chi connectivity index (χ0) is 13.1. The van der Waals surface area contributed by atoms with Gasteiger partial charge in [-0.3, -0.25) is 4.68 Å². The van der Waals surface area contributed by atoms with Gasteiger partial charge in [0, 0.05) is 16.4 Å². The predicted octanol–water partition coefficient (Wildman–Crippen LogP) is 3.87. The summed E-state index contributed by atoms with van der Waals surface area (Å²) in [5.74, 6) is 0. The highest BCUT2D eigenvalue weighted by molar-refractivity contribution is 9.10. The first-order chi connectivity index (χ1) is 8.61. The molecule has 0 bridgehead atoms. The van der Waals surface area contributed by atoms with E-state index in [0.29, 0.717) is 0 Å². The SMILES string of the molecule is CCCc1nn(C)c(Sc2cccc(Br)c2)c1N. The lowest BCUT2D eigenvalue weighted by Crippen LogP contribution is -1.93. The number of aromatic nitrogens is 2. The van der Waals surface area contributed by atoms with E-state index in [1.54, 1.807) is 11.8 Å². The highest BCUT2D eigenvalue weighted by Crippen LogP contribution is 2.34. The van der Waals surface area contributed by atoms with Crippen molar-refractivity contribution in [1.82, 2.24) is 9.78 Å². The molecule has 1 heterocycles. The first kappa shape index (κ1) is 13.5. The largest absolute Gasteiger partial charge is 0.395 e. The Morgan fingerprint density at radius 1 is 1.44 bits per heavy atom. The number of anilines is 1. The van der Waals surface area contributed by atoms with Gasteiger partial charge < -0.3 is 5.73 Å². The van der Waals surface area contributed by atoms with Gasteiger partial charge in [0.25, 0.3) is 0 Å². The fourth-order valence-corrected chi connectivity index (χ4v) is 3.27. The standard InChI is InChI=1S/C13H16BrN3S/c1-3-5-11-12(15)13(17(2)16-11)18-10-7-4-6-9(14)8-10/h4,6-8H,3,5,15H2,1-2H3. The number of aryl methyl sites for hydroxylation is 2. The molecular formula is C13H16BrN3S. The van der Waals surface area contributed by atoms with Gasteiger partial charge in [0.05, 0.1) is 11.4 Å². The first-order valence-electron chi connectivity index (χ1n) is 5.86. The summed E-state index contributed by atoms with van der Waals surface area (Å²) < 4.78 is 2.94. The number of benzene rings is 1. The molecule has 0 amide bonds. The lowest BCUT2D eigenvalue weighted by Gasteiger charge is -2.03. The predicted molar refractivity (Wildman–Crippen MR) is 79.9 cm³/mol. The van der Waals surface area contributed by atoms with E-state index in [-0.39, 0.29) is 0 Å². The summed E-state index contributed by atoms with van der Waals surface area (Å²) in [7, 11) is 1.94. The Bertz CT molecular complexity index is 551. The molecule has 18 heavy (non-hydrogen) atoms. The van der Waals surface area contributed by atoms with E-state index in [0.717, 1.165) is 38.6 Å². The van der Waals surface area contributed by atoms with Gasteiger partial charge in [0.2, 0.25) is 0 Å². The van der Waals surface area contributed by atoms with Crippen LogP contribution < -0.4 is 5.73 Å². The Morgan fingerprint density at radius 2 is 2.22 bits per heavy atom. The monoisotopic (exact) mass is 325 g/mol. The fraction of sp³-hybridized carbons (Fsp3) is 0.308. The third kappa shape index (κ3) is 2.90. The summed E-state index contributed by atoms with van der Waals surface area (Å²) in [6.07, 6.45) is 1.99. The molecule has 2 rings (SSSR count). The minimum atomic E-state index is 0.810. The van der Waals surface area contributed by atoms with Crippen LogP contribution in [0.2, 0.25) is 0 Å². The number of hydrogen-bond donors (Lipinski definition) is 1. The second-order valence-corrected chi connectivity index (χ2v) is 6.08. The van der Waals surface area contributed by atoms with Crippen molar-refractivity contribution in [2.75, 3.05) is 5.73 Å². The molecule has 1 aromatic heterocycles. The molecule has 0 radical (unpaired) electrons. The van der Waals surface area contributed by atoms with Crippen LogP contribution in [0.5, 0.6) is 0 Å². The molecule has 0 atom stereocenters. The average molecular weight is 326 g/mol. The molecule has 0 fully saturated rings. The topological polar surface area (TPSA) is 43.8 Å². The second-order valence-electron chi connectivity index (χ2n) is 4.10. The van der Waals surface area contributed by atoms with E-state index in [1.165, 1.54) is 0 Å². The lowest BCUT2D eigenvalue weighted by molar-refractivity contribution is 0.682. The Balaban J connectivity index is 2.29. The smallest absolute Gasteiger partial charge is 0.122 e. The van der Waals surface area contributed by atoms with Gasteiger partial charge in [-0.05, 0) is 24.6 Å². The number of halogens is 1. The van der Waals surface area contributed by atoms with E-state index in [1.807, 2.05) is 23.9 Å². The van der Waals surface area contributed by atoms with Crippen LogP contribution in [-0.4, -0.2) is 9.78 Å². The highest BCUT2D eigenvalue weighted by atomic mass is 79.9. The number of nitrogens with zero attached hydrogens (tertiary/aromatic N) is 2. The number of rotatable bonds is 4. The molecule has 96 valence electrons. The van der Waals surface area contributed by atoms with Crippen molar-refractivity contribution < 1.29 is 0 Å². The van der Waals surface area contributed by atoms with Crippen LogP contribution >= 0.6 is 27.7 Å². The Labute approximate surface area is 120 Å². The quantitative estimate of drug-likeness (QED) is 0.927. The Hall–Kier alpha value is -0.940. The first-order valence-corrected chi connectivity index (χ1v) is 7.47. The molecule has 1 aromatic carbocycles. The molecular weight excluding hydrogens is 310 g/mol. The molecule has 0 saturated heterocycles. The van der Waals surface area contributed by atoms with Crippen LogP contribution in [0.25, 0.3) is 0 Å². The zero-order valence-corrected chi connectivity index (χ0v) is 12.9. The summed E-state index contributed by atoms with van der Waals surface area (Å²) in [5.41, 5.74) is 7.97. The van der Waals surface area contributed by atoms with Crippen molar-refractivity contribution in [2.45, 2.75) is 29.7 Å². The third-order valence-corrected chi connectivity index (χ3v) is 4.26. The molecule has 0 spiro atoms. The van der Waals surface area contributed by atoms with Crippen molar-refractivity contribution >= 4 is 33.4 Å². The van der Waals surface area contributed by atoms with Crippen LogP contribution in [-0.2, 0) is 13.5 Å². The van der Waals surface area contributed by atoms with E-state index in [2.05, 4.69) is 40.1 Å². The minimum Gasteiger partial charge on any atom is -0.395 e. The van der Waals surface area contributed by atoms with Crippen LogP contribution in [0.3, 0.4) is 0 Å². The van der Waals surface area contributed by atoms with E-state index in [4.69, 9.17) is 5.73 Å². The van der Waals surface area contributed by atoms with Crippen LogP contribution in [0.15, 0.2) is 38.7 Å². The van der Waals surface area contributed by atoms with Gasteiger partial charge in [0.15, 0.2) is 0 Å². The third-order valence-electron chi connectivity index (χ3n) is 2.60. The van der Waals surface area contributed by atoms with Gasteiger partial charge in [-0.25, -0.2) is 0 Å². The lowest BCUT2D eigenvalue weighted by atomic mass is 10.2. The minimum absolute atomic E-state index is 0.810. The highest BCUT2D eigenvalue weighted by Gasteiger charge is 2.13. The van der Waals surface area contributed by atoms with E-state index < -0.39 is 0 Å². The van der Waals surface area contributed by atoms with Crippen LogP contribution in [0.4, 0.5) is 5.69 Å². The molecule has 0 unspecified atom stereocenters. The molecule has 0 saturated carbocycles. The Morgan fingerprint density at radius 3 is 2.89 bits per heavy atom. The number of hydrogen-bond acceptors (Lipinski definition) is 3. The molecule has 0 aliphatic heterocycles. The van der Waals surface area contributed by atoms with Crippen molar-refractivity contribution in [3.8, 4) is 0 Å². The van der Waals surface area contributed by atoms with Crippen LogP contribution in [0, 0.1) is 0 Å². The van der Waals surface area contributed by atoms with Crippen molar-refractivity contribution in [3.63, 3.8) is 0 Å². The van der Waals surface area contributed by atoms with E-state index >= 15 is 0 Å². The van der Waals surface area contributed by atoms with E-state index in [9.17, 15) is 0 Å². The van der Waals surface area contributed by atoms with Crippen molar-refractivity contribution in [3.05, 3.63) is 34.4 Å². The zero-order valence-electron chi connectivity index (χ0n) is 10.5. The summed E-state index contributed by atoms with van der Waals surface area (Å²) in [4.78, 5) is 1.15. The second kappa shape index (κ2) is 5.80. The molecule has 2 aromatic rings. The molecule has 5 heteroatoms. The Kier molecular flexibility index (Phi) is 4.35. The maximum absolute atomic E-state index is 6.16. The molecule has 2 N–H and O–H groups in total. The summed E-state index contributed by atoms with van der Waals surface area (Å²) in [6.45, 7) is 2.13. The average Bonchev–Trinajstić information content (AvgIpc) is 2.58. The molecule has 0 aliphatic rings. The van der Waals surface area contributed by atoms with Gasteiger partial charge in [0.1, 0.15) is 5.03 Å². The van der Waals surface area contributed by atoms with Gasteiger partial charge in [-0.2, -0.15) is 5.10 Å². The summed E-state index contributed by atoms with van der Waals surface area (Å²) in [5, 5.41) is 5.49.